The van der Waals surface area contributed by atoms with Crippen LogP contribution in [0.25, 0.3) is 0 Å². The second-order valence-electron chi connectivity index (χ2n) is 3.45. The van der Waals surface area contributed by atoms with E-state index in [4.69, 9.17) is 4.74 Å². The molecule has 0 aliphatic carbocycles. The molecule has 1 aromatic heterocycles. The van der Waals surface area contributed by atoms with Gasteiger partial charge in [0.15, 0.2) is 5.16 Å². The van der Waals surface area contributed by atoms with E-state index in [9.17, 15) is 9.90 Å². The number of thioether (sulfide) groups is 1. The maximum Gasteiger partial charge on any atom is 0.308 e. The zero-order chi connectivity index (χ0) is 12.7. The molecule has 5 nitrogen and oxygen atoms in total. The summed E-state index contributed by atoms with van der Waals surface area (Å²) in [6, 6.07) is 1.80. The number of carbonyl (C=O) groups excluding carboxylic acids is 1. The molecule has 0 spiro atoms. The molecule has 0 saturated carbocycles. The molecule has 0 aliphatic rings. The first-order valence-electron chi connectivity index (χ1n) is 5.38. The lowest BCUT2D eigenvalue weighted by molar-refractivity contribution is -0.144. The molecule has 1 N–H and O–H groups in total. The summed E-state index contributed by atoms with van der Waals surface area (Å²) in [7, 11) is 0. The molecule has 0 aromatic carbocycles. The quantitative estimate of drug-likeness (QED) is 0.468. The van der Waals surface area contributed by atoms with E-state index in [-0.39, 0.29) is 12.4 Å². The fourth-order valence-electron chi connectivity index (χ4n) is 1.14. The highest BCUT2D eigenvalue weighted by Crippen LogP contribution is 2.14. The minimum absolute atomic E-state index is 0.00660. The van der Waals surface area contributed by atoms with E-state index in [0.29, 0.717) is 17.5 Å². The molecule has 17 heavy (non-hydrogen) atoms. The lowest BCUT2D eigenvalue weighted by atomic mass is 10.3. The summed E-state index contributed by atoms with van der Waals surface area (Å²) in [6.45, 7) is 3.94. The molecule has 0 fully saturated rings. The molecule has 1 aromatic rings. The minimum atomic E-state index is -0.733. The number of aliphatic hydroxyl groups excluding tert-OH is 1. The molecule has 1 atom stereocenters. The van der Waals surface area contributed by atoms with E-state index >= 15 is 0 Å². The zero-order valence-corrected chi connectivity index (χ0v) is 10.7. The van der Waals surface area contributed by atoms with Crippen molar-refractivity contribution in [2.75, 3.05) is 12.4 Å². The van der Waals surface area contributed by atoms with E-state index in [1.165, 1.54) is 11.8 Å². The van der Waals surface area contributed by atoms with Gasteiger partial charge < -0.3 is 9.84 Å². The molecular formula is C11H16N2O3S. The first-order valence-corrected chi connectivity index (χ1v) is 6.36. The van der Waals surface area contributed by atoms with E-state index in [2.05, 4.69) is 9.97 Å². The Hall–Kier alpha value is -1.14. The van der Waals surface area contributed by atoms with Crippen LogP contribution < -0.4 is 0 Å². The summed E-state index contributed by atoms with van der Waals surface area (Å²) in [5.41, 5.74) is 0.877. The van der Waals surface area contributed by atoms with Crippen LogP contribution >= 0.6 is 11.8 Å². The smallest absolute Gasteiger partial charge is 0.308 e. The van der Waals surface area contributed by atoms with Crippen LogP contribution in [0, 0.1) is 6.92 Å². The van der Waals surface area contributed by atoms with Gasteiger partial charge in [0, 0.05) is 17.6 Å². The maximum absolute atomic E-state index is 11.1. The van der Waals surface area contributed by atoms with Gasteiger partial charge in [-0.05, 0) is 19.9 Å². The average Bonchev–Trinajstić information content (AvgIpc) is 2.27. The van der Waals surface area contributed by atoms with Crippen LogP contribution in [0.15, 0.2) is 17.4 Å². The van der Waals surface area contributed by atoms with Crippen LogP contribution in [-0.2, 0) is 9.53 Å². The molecule has 0 aliphatic heterocycles. The summed E-state index contributed by atoms with van der Waals surface area (Å²) in [5.74, 6) is -0.00631. The summed E-state index contributed by atoms with van der Waals surface area (Å²) >= 11 is 1.32. The molecule has 0 saturated heterocycles. The van der Waals surface area contributed by atoms with Crippen molar-refractivity contribution in [1.82, 2.24) is 9.97 Å². The maximum atomic E-state index is 11.1. The van der Waals surface area contributed by atoms with Crippen molar-refractivity contribution in [2.45, 2.75) is 31.5 Å². The number of ether oxygens (including phenoxy) is 1. The van der Waals surface area contributed by atoms with Crippen molar-refractivity contribution in [3.05, 3.63) is 18.0 Å². The number of esters is 1. The van der Waals surface area contributed by atoms with Crippen LogP contribution in [0.3, 0.4) is 0 Å². The zero-order valence-electron chi connectivity index (χ0n) is 9.92. The monoisotopic (exact) mass is 256 g/mol. The van der Waals surface area contributed by atoms with Gasteiger partial charge in [-0.15, -0.1) is 0 Å². The summed E-state index contributed by atoms with van der Waals surface area (Å²) < 4.78 is 4.74. The molecule has 0 radical (unpaired) electrons. The normalized spacial score (nSPS) is 12.2. The Labute approximate surface area is 105 Å². The number of nitrogens with zero attached hydrogens (tertiary/aromatic N) is 2. The Bertz CT molecular complexity index is 373. The Morgan fingerprint density at radius 3 is 3.06 bits per heavy atom. The van der Waals surface area contributed by atoms with Crippen LogP contribution in [-0.4, -0.2) is 39.5 Å². The van der Waals surface area contributed by atoms with Gasteiger partial charge in [-0.3, -0.25) is 4.79 Å². The SMILES string of the molecule is CCOC(=O)CC(O)CSc1nccc(C)n1. The predicted octanol–water partition coefficient (Wildman–Crippen LogP) is 1.19. The number of hydrogen-bond acceptors (Lipinski definition) is 6. The Morgan fingerprint density at radius 2 is 2.41 bits per heavy atom. The standard InChI is InChI=1S/C11H16N2O3S/c1-3-16-10(15)6-9(14)7-17-11-12-5-4-8(2)13-11/h4-5,9,14H,3,6-7H2,1-2H3. The van der Waals surface area contributed by atoms with E-state index in [1.807, 2.05) is 6.92 Å². The van der Waals surface area contributed by atoms with Gasteiger partial charge in [0.2, 0.25) is 0 Å². The van der Waals surface area contributed by atoms with Crippen LogP contribution in [0.2, 0.25) is 0 Å². The Balaban J connectivity index is 2.33. The van der Waals surface area contributed by atoms with Crippen molar-refractivity contribution >= 4 is 17.7 Å². The van der Waals surface area contributed by atoms with E-state index in [1.54, 1.807) is 19.2 Å². The van der Waals surface area contributed by atoms with E-state index in [0.717, 1.165) is 5.69 Å². The van der Waals surface area contributed by atoms with Gasteiger partial charge in [0.1, 0.15) is 0 Å². The molecule has 1 unspecified atom stereocenters. The third-order valence-electron chi connectivity index (χ3n) is 1.89. The number of carbonyl (C=O) groups is 1. The highest BCUT2D eigenvalue weighted by molar-refractivity contribution is 7.99. The highest BCUT2D eigenvalue weighted by atomic mass is 32.2. The van der Waals surface area contributed by atoms with Crippen molar-refractivity contribution in [1.29, 1.82) is 0 Å². The van der Waals surface area contributed by atoms with Crippen molar-refractivity contribution in [3.63, 3.8) is 0 Å². The fraction of sp³-hybridized carbons (Fsp3) is 0.545. The molecule has 0 amide bonds. The first kappa shape index (κ1) is 13.9. The van der Waals surface area contributed by atoms with Gasteiger partial charge in [0.25, 0.3) is 0 Å². The summed E-state index contributed by atoms with van der Waals surface area (Å²) in [5, 5.41) is 10.2. The molecule has 94 valence electrons. The third-order valence-corrected chi connectivity index (χ3v) is 2.89. The predicted molar refractivity (Wildman–Crippen MR) is 64.7 cm³/mol. The molecule has 6 heteroatoms. The summed E-state index contributed by atoms with van der Waals surface area (Å²) in [4.78, 5) is 19.3. The van der Waals surface area contributed by atoms with Crippen LogP contribution in [0.4, 0.5) is 0 Å². The number of aromatic nitrogens is 2. The minimum Gasteiger partial charge on any atom is -0.466 e. The van der Waals surface area contributed by atoms with Crippen molar-refractivity contribution in [3.8, 4) is 0 Å². The van der Waals surface area contributed by atoms with Crippen LogP contribution in [0.5, 0.6) is 0 Å². The topological polar surface area (TPSA) is 72.3 Å². The second-order valence-corrected chi connectivity index (χ2v) is 4.44. The second kappa shape index (κ2) is 7.24. The lowest BCUT2D eigenvalue weighted by Crippen LogP contribution is -2.18. The molecule has 1 heterocycles. The lowest BCUT2D eigenvalue weighted by Gasteiger charge is -2.08. The number of aryl methyl sites for hydroxylation is 1. The summed E-state index contributed by atoms with van der Waals surface area (Å²) in [6.07, 6.45) is 0.942. The molecule has 1 rings (SSSR count). The van der Waals surface area contributed by atoms with Crippen molar-refractivity contribution < 1.29 is 14.6 Å². The largest absolute Gasteiger partial charge is 0.466 e. The first-order chi connectivity index (χ1) is 8.11. The Morgan fingerprint density at radius 1 is 1.65 bits per heavy atom. The van der Waals surface area contributed by atoms with Crippen molar-refractivity contribution in [2.24, 2.45) is 0 Å². The third kappa shape index (κ3) is 5.65. The van der Waals surface area contributed by atoms with Crippen LogP contribution in [0.1, 0.15) is 19.0 Å². The number of hydrogen-bond donors (Lipinski definition) is 1. The van der Waals surface area contributed by atoms with E-state index < -0.39 is 6.10 Å². The molecule has 0 bridgehead atoms. The van der Waals surface area contributed by atoms with Gasteiger partial charge in [0.05, 0.1) is 19.1 Å². The van der Waals surface area contributed by atoms with Gasteiger partial charge >= 0.3 is 5.97 Å². The number of rotatable bonds is 6. The van der Waals surface area contributed by atoms with Gasteiger partial charge in [-0.1, -0.05) is 11.8 Å². The highest BCUT2D eigenvalue weighted by Gasteiger charge is 2.12. The van der Waals surface area contributed by atoms with Gasteiger partial charge in [-0.2, -0.15) is 0 Å². The molecular weight excluding hydrogens is 240 g/mol. The fourth-order valence-corrected chi connectivity index (χ4v) is 1.94. The Kier molecular flexibility index (Phi) is 5.93. The average molecular weight is 256 g/mol. The van der Waals surface area contributed by atoms with Gasteiger partial charge in [-0.25, -0.2) is 9.97 Å². The number of aliphatic hydroxyl groups is 1.